The maximum atomic E-state index is 11.4. The van der Waals surface area contributed by atoms with E-state index in [0.29, 0.717) is 16.8 Å². The predicted octanol–water partition coefficient (Wildman–Crippen LogP) is 2.28. The van der Waals surface area contributed by atoms with Crippen molar-refractivity contribution in [2.75, 3.05) is 7.11 Å². The van der Waals surface area contributed by atoms with E-state index in [9.17, 15) is 4.79 Å². The minimum atomic E-state index is -0.482. The summed E-state index contributed by atoms with van der Waals surface area (Å²) in [4.78, 5) is 14.7. The van der Waals surface area contributed by atoms with E-state index in [1.807, 2.05) is 12.1 Å². The summed E-state index contributed by atoms with van der Waals surface area (Å²) in [5.74, 6) is -0.482. The molecule has 2 heterocycles. The first-order valence-electron chi connectivity index (χ1n) is 4.33. The van der Waals surface area contributed by atoms with E-state index in [1.165, 1.54) is 7.11 Å². The summed E-state index contributed by atoms with van der Waals surface area (Å²) in [6.07, 6.45) is 3.39. The third-order valence-corrected chi connectivity index (χ3v) is 2.17. The Balaban J connectivity index is 2.76. The fraction of sp³-hybridized carbons (Fsp3) is 0.0909. The maximum Gasteiger partial charge on any atom is 0.328 e. The van der Waals surface area contributed by atoms with Gasteiger partial charge in [-0.25, -0.2) is 9.64 Å². The summed E-state index contributed by atoms with van der Waals surface area (Å²) in [5, 5.41) is 0. The molecule has 0 saturated carbocycles. The smallest absolute Gasteiger partial charge is 0.328 e. The molecule has 0 amide bonds. The number of pyridine rings is 1. The van der Waals surface area contributed by atoms with Crippen molar-refractivity contribution in [3.63, 3.8) is 0 Å². The Bertz CT molecular complexity index is 563. The first-order valence-corrected chi connectivity index (χ1v) is 4.33. The van der Waals surface area contributed by atoms with Gasteiger partial charge in [0, 0.05) is 12.4 Å². The normalized spacial score (nSPS) is 9.87. The van der Waals surface area contributed by atoms with Gasteiger partial charge in [0.2, 0.25) is 5.69 Å². The van der Waals surface area contributed by atoms with Crippen molar-refractivity contribution in [2.45, 2.75) is 0 Å². The molecule has 0 saturated heterocycles. The highest BCUT2D eigenvalue weighted by Gasteiger charge is 2.16. The van der Waals surface area contributed by atoms with Gasteiger partial charge in [0.05, 0.1) is 24.8 Å². The van der Waals surface area contributed by atoms with Crippen molar-refractivity contribution < 1.29 is 9.53 Å². The van der Waals surface area contributed by atoms with E-state index < -0.39 is 5.97 Å². The molecule has 15 heavy (non-hydrogen) atoms. The lowest BCUT2D eigenvalue weighted by molar-refractivity contribution is 0.0602. The molecule has 74 valence electrons. The molecular weight excluding hydrogens is 192 g/mol. The van der Waals surface area contributed by atoms with Crippen LogP contribution in [0.1, 0.15) is 10.4 Å². The quantitative estimate of drug-likeness (QED) is 0.523. The Morgan fingerprint density at radius 1 is 1.53 bits per heavy atom. The van der Waals surface area contributed by atoms with Crippen LogP contribution in [0.4, 0.5) is 5.69 Å². The lowest BCUT2D eigenvalue weighted by Crippen LogP contribution is -1.98. The average Bonchev–Trinajstić information content (AvgIpc) is 2.66. The largest absolute Gasteiger partial charge is 0.466 e. The van der Waals surface area contributed by atoms with Crippen LogP contribution in [-0.4, -0.2) is 17.5 Å². The minimum absolute atomic E-state index is 0.304. The summed E-state index contributed by atoms with van der Waals surface area (Å²) >= 11 is 0. The maximum absolute atomic E-state index is 11.4. The second-order valence-electron chi connectivity index (χ2n) is 2.99. The summed E-state index contributed by atoms with van der Waals surface area (Å²) in [6.45, 7) is 7.06. The number of methoxy groups -OCH3 is 1. The molecule has 0 aromatic carbocycles. The van der Waals surface area contributed by atoms with E-state index in [-0.39, 0.29) is 0 Å². The molecule has 2 aromatic heterocycles. The zero-order chi connectivity index (χ0) is 10.8. The van der Waals surface area contributed by atoms with Crippen molar-refractivity contribution in [3.8, 4) is 0 Å². The number of hydrogen-bond donors (Lipinski definition) is 0. The summed E-state index contributed by atoms with van der Waals surface area (Å²) in [6, 6.07) is 5.45. The van der Waals surface area contributed by atoms with Crippen LogP contribution in [0.3, 0.4) is 0 Å². The van der Waals surface area contributed by atoms with Crippen molar-refractivity contribution in [2.24, 2.45) is 0 Å². The van der Waals surface area contributed by atoms with Crippen LogP contribution in [-0.2, 0) is 4.74 Å². The number of ether oxygens (including phenoxy) is 1. The summed E-state index contributed by atoms with van der Waals surface area (Å²) in [7, 11) is 1.30. The minimum Gasteiger partial charge on any atom is -0.466 e. The zero-order valence-electron chi connectivity index (χ0n) is 8.10. The third kappa shape index (κ3) is 1.34. The van der Waals surface area contributed by atoms with Crippen LogP contribution in [0, 0.1) is 6.57 Å². The highest BCUT2D eigenvalue weighted by molar-refractivity contribution is 6.01. The monoisotopic (exact) mass is 200 g/mol. The third-order valence-electron chi connectivity index (χ3n) is 2.17. The molecule has 4 heteroatoms. The molecule has 0 aliphatic rings. The molecule has 0 fully saturated rings. The van der Waals surface area contributed by atoms with E-state index in [1.54, 1.807) is 22.9 Å². The van der Waals surface area contributed by atoms with Gasteiger partial charge in [0.15, 0.2) is 0 Å². The first kappa shape index (κ1) is 9.28. The lowest BCUT2D eigenvalue weighted by atomic mass is 10.2. The van der Waals surface area contributed by atoms with Gasteiger partial charge in [0.1, 0.15) is 0 Å². The fourth-order valence-corrected chi connectivity index (χ4v) is 1.48. The summed E-state index contributed by atoms with van der Waals surface area (Å²) < 4.78 is 6.35. The van der Waals surface area contributed by atoms with Crippen LogP contribution in [0.2, 0.25) is 0 Å². The fourth-order valence-electron chi connectivity index (χ4n) is 1.48. The molecule has 0 N–H and O–H groups in total. The molecule has 0 spiro atoms. The van der Waals surface area contributed by atoms with Crippen molar-refractivity contribution in [3.05, 3.63) is 47.6 Å². The van der Waals surface area contributed by atoms with E-state index >= 15 is 0 Å². The first-order chi connectivity index (χ1) is 7.27. The SMILES string of the molecule is [C-]#[N+]c1c(C(=O)OC)cn2ccccc12. The molecule has 0 radical (unpaired) electrons. The highest BCUT2D eigenvalue weighted by atomic mass is 16.5. The molecule has 0 bridgehead atoms. The van der Waals surface area contributed by atoms with Crippen molar-refractivity contribution >= 4 is 17.2 Å². The number of aromatic nitrogens is 1. The number of esters is 1. The van der Waals surface area contributed by atoms with Gasteiger partial charge in [-0.1, -0.05) is 6.07 Å². The topological polar surface area (TPSA) is 35.1 Å². The molecule has 2 rings (SSSR count). The van der Waals surface area contributed by atoms with Gasteiger partial charge in [-0.15, -0.1) is 0 Å². The van der Waals surface area contributed by atoms with Gasteiger partial charge in [0.25, 0.3) is 0 Å². The lowest BCUT2D eigenvalue weighted by Gasteiger charge is -1.94. The van der Waals surface area contributed by atoms with E-state index in [4.69, 9.17) is 6.57 Å². The van der Waals surface area contributed by atoms with Gasteiger partial charge in [-0.05, 0) is 12.1 Å². The Labute approximate surface area is 86.5 Å². The zero-order valence-corrected chi connectivity index (χ0v) is 8.10. The van der Waals surface area contributed by atoms with Crippen molar-refractivity contribution in [1.29, 1.82) is 0 Å². The molecule has 0 aliphatic heterocycles. The second kappa shape index (κ2) is 3.46. The molecule has 0 unspecified atom stereocenters. The predicted molar refractivity (Wildman–Crippen MR) is 55.0 cm³/mol. The van der Waals surface area contributed by atoms with Crippen LogP contribution >= 0.6 is 0 Å². The summed E-state index contributed by atoms with van der Waals surface area (Å²) in [5.41, 5.74) is 1.36. The molecule has 4 nitrogen and oxygen atoms in total. The standard InChI is InChI=1S/C11H8N2O2/c1-12-10-8(11(14)15-2)7-13-6-4-3-5-9(10)13/h3-7H,2H3. The van der Waals surface area contributed by atoms with Gasteiger partial charge >= 0.3 is 5.97 Å². The van der Waals surface area contributed by atoms with Gasteiger partial charge in [-0.2, -0.15) is 0 Å². The van der Waals surface area contributed by atoms with Crippen LogP contribution < -0.4 is 0 Å². The Morgan fingerprint density at radius 3 is 3.00 bits per heavy atom. The number of carbonyl (C=O) groups is 1. The van der Waals surface area contributed by atoms with E-state index in [2.05, 4.69) is 9.58 Å². The van der Waals surface area contributed by atoms with Crippen molar-refractivity contribution in [1.82, 2.24) is 4.40 Å². The number of fused-ring (bicyclic) bond motifs is 1. The second-order valence-corrected chi connectivity index (χ2v) is 2.99. The molecular formula is C11H8N2O2. The molecule has 2 aromatic rings. The number of nitrogens with zero attached hydrogens (tertiary/aromatic N) is 2. The van der Waals surface area contributed by atoms with Crippen LogP contribution in [0.5, 0.6) is 0 Å². The highest BCUT2D eigenvalue weighted by Crippen LogP contribution is 2.27. The Hall–Kier alpha value is -2.28. The molecule has 0 atom stereocenters. The van der Waals surface area contributed by atoms with Gasteiger partial charge < -0.3 is 9.14 Å². The van der Waals surface area contributed by atoms with E-state index in [0.717, 1.165) is 0 Å². The Morgan fingerprint density at radius 2 is 2.33 bits per heavy atom. The number of carbonyl (C=O) groups excluding carboxylic acids is 1. The number of hydrogen-bond acceptors (Lipinski definition) is 2. The number of rotatable bonds is 1. The van der Waals surface area contributed by atoms with Gasteiger partial charge in [-0.3, -0.25) is 0 Å². The average molecular weight is 200 g/mol. The Kier molecular flexibility index (Phi) is 2.14. The molecule has 0 aliphatic carbocycles. The van der Waals surface area contributed by atoms with Crippen LogP contribution in [0.15, 0.2) is 30.6 Å². The van der Waals surface area contributed by atoms with Crippen LogP contribution in [0.25, 0.3) is 10.4 Å².